The van der Waals surface area contributed by atoms with Crippen molar-refractivity contribution in [3.05, 3.63) is 24.3 Å². The summed E-state index contributed by atoms with van der Waals surface area (Å²) in [6, 6.07) is 9.03. The number of thiazole rings is 1. The molecule has 1 aromatic heterocycles. The minimum Gasteiger partial charge on any atom is -0.345 e. The second kappa shape index (κ2) is 4.30. The summed E-state index contributed by atoms with van der Waals surface area (Å²) >= 11 is 1.82. The highest BCUT2D eigenvalue weighted by Crippen LogP contribution is 2.34. The largest absolute Gasteiger partial charge is 0.345 e. The Morgan fingerprint density at radius 2 is 2.12 bits per heavy atom. The van der Waals surface area contributed by atoms with Crippen molar-refractivity contribution in [1.29, 1.82) is 0 Å². The van der Waals surface area contributed by atoms with E-state index in [0.29, 0.717) is 6.04 Å². The van der Waals surface area contributed by atoms with Crippen molar-refractivity contribution in [3.63, 3.8) is 0 Å². The van der Waals surface area contributed by atoms with Crippen LogP contribution in [-0.4, -0.2) is 17.6 Å². The number of benzene rings is 1. The number of aromatic nitrogens is 1. The second-order valence-electron chi connectivity index (χ2n) is 5.02. The molecule has 2 atom stereocenters. The fraction of sp³-hybridized carbons (Fsp3) is 0.500. The van der Waals surface area contributed by atoms with Crippen molar-refractivity contribution in [2.75, 3.05) is 11.4 Å². The van der Waals surface area contributed by atoms with E-state index in [-0.39, 0.29) is 0 Å². The highest BCUT2D eigenvalue weighted by atomic mass is 32.1. The van der Waals surface area contributed by atoms with Crippen LogP contribution in [0.25, 0.3) is 10.2 Å². The van der Waals surface area contributed by atoms with Crippen LogP contribution in [0.1, 0.15) is 26.7 Å². The summed E-state index contributed by atoms with van der Waals surface area (Å²) in [5.74, 6) is 0.774. The molecule has 2 heterocycles. The Balaban J connectivity index is 1.97. The Bertz CT molecular complexity index is 487. The Kier molecular flexibility index (Phi) is 2.79. The van der Waals surface area contributed by atoms with Crippen LogP contribution in [-0.2, 0) is 0 Å². The van der Waals surface area contributed by atoms with Crippen LogP contribution in [0.15, 0.2) is 24.3 Å². The molecule has 1 aliphatic rings. The summed E-state index contributed by atoms with van der Waals surface area (Å²) in [7, 11) is 0. The number of rotatable bonds is 1. The van der Waals surface area contributed by atoms with E-state index in [1.54, 1.807) is 0 Å². The molecule has 3 heteroatoms. The molecular weight excluding hydrogens is 228 g/mol. The van der Waals surface area contributed by atoms with Gasteiger partial charge in [-0.1, -0.05) is 30.4 Å². The molecule has 0 aliphatic carbocycles. The molecule has 90 valence electrons. The maximum absolute atomic E-state index is 4.77. The van der Waals surface area contributed by atoms with E-state index in [1.165, 1.54) is 22.7 Å². The van der Waals surface area contributed by atoms with E-state index < -0.39 is 0 Å². The number of hydrogen-bond acceptors (Lipinski definition) is 3. The first kappa shape index (κ1) is 11.0. The van der Waals surface area contributed by atoms with Gasteiger partial charge in [0.05, 0.1) is 10.2 Å². The lowest BCUT2D eigenvalue weighted by Gasteiger charge is -2.37. The van der Waals surface area contributed by atoms with Crippen molar-refractivity contribution < 1.29 is 0 Å². The molecule has 0 N–H and O–H groups in total. The first-order chi connectivity index (χ1) is 8.25. The molecule has 0 unspecified atom stereocenters. The lowest BCUT2D eigenvalue weighted by atomic mass is 9.93. The van der Waals surface area contributed by atoms with Gasteiger partial charge in [0.25, 0.3) is 0 Å². The van der Waals surface area contributed by atoms with Gasteiger partial charge in [-0.05, 0) is 37.8 Å². The molecule has 2 aromatic rings. The summed E-state index contributed by atoms with van der Waals surface area (Å²) in [6.45, 7) is 5.84. The SMILES string of the molecule is C[C@@H]1CCCN(c2nc3ccccc3s2)[C@@H]1C. The van der Waals surface area contributed by atoms with E-state index in [2.05, 4.69) is 43.0 Å². The first-order valence-electron chi connectivity index (χ1n) is 6.38. The highest BCUT2D eigenvalue weighted by Gasteiger charge is 2.26. The molecule has 17 heavy (non-hydrogen) atoms. The molecule has 0 spiro atoms. The molecule has 0 radical (unpaired) electrons. The number of para-hydroxylation sites is 1. The van der Waals surface area contributed by atoms with E-state index in [9.17, 15) is 0 Å². The maximum Gasteiger partial charge on any atom is 0.186 e. The predicted molar refractivity (Wildman–Crippen MR) is 74.8 cm³/mol. The number of hydrogen-bond donors (Lipinski definition) is 0. The average Bonchev–Trinajstić information content (AvgIpc) is 2.76. The average molecular weight is 246 g/mol. The van der Waals surface area contributed by atoms with Gasteiger partial charge < -0.3 is 4.90 Å². The van der Waals surface area contributed by atoms with Crippen LogP contribution in [0.5, 0.6) is 0 Å². The second-order valence-corrected chi connectivity index (χ2v) is 6.03. The van der Waals surface area contributed by atoms with E-state index >= 15 is 0 Å². The van der Waals surface area contributed by atoms with Gasteiger partial charge in [-0.25, -0.2) is 4.98 Å². The Morgan fingerprint density at radius 1 is 1.29 bits per heavy atom. The quantitative estimate of drug-likeness (QED) is 0.758. The Morgan fingerprint density at radius 3 is 2.94 bits per heavy atom. The van der Waals surface area contributed by atoms with Crippen molar-refractivity contribution in [3.8, 4) is 0 Å². The minimum absolute atomic E-state index is 0.615. The Labute approximate surface area is 106 Å². The molecule has 0 saturated carbocycles. The van der Waals surface area contributed by atoms with Gasteiger partial charge in [0.15, 0.2) is 5.13 Å². The molecule has 2 nitrogen and oxygen atoms in total. The van der Waals surface area contributed by atoms with Crippen LogP contribution in [0.3, 0.4) is 0 Å². The Hall–Kier alpha value is -1.09. The molecule has 1 aromatic carbocycles. The van der Waals surface area contributed by atoms with Crippen LogP contribution in [0, 0.1) is 5.92 Å². The van der Waals surface area contributed by atoms with Crippen molar-refractivity contribution in [1.82, 2.24) is 4.98 Å². The first-order valence-corrected chi connectivity index (χ1v) is 7.19. The number of nitrogens with zero attached hydrogens (tertiary/aromatic N) is 2. The van der Waals surface area contributed by atoms with Gasteiger partial charge in [-0.2, -0.15) is 0 Å². The molecule has 1 aliphatic heterocycles. The van der Waals surface area contributed by atoms with Gasteiger partial charge in [0.2, 0.25) is 0 Å². The zero-order valence-electron chi connectivity index (χ0n) is 10.4. The number of anilines is 1. The van der Waals surface area contributed by atoms with Gasteiger partial charge in [-0.3, -0.25) is 0 Å². The zero-order valence-corrected chi connectivity index (χ0v) is 11.2. The van der Waals surface area contributed by atoms with Crippen molar-refractivity contribution >= 4 is 26.7 Å². The van der Waals surface area contributed by atoms with Gasteiger partial charge in [-0.15, -0.1) is 0 Å². The lowest BCUT2D eigenvalue weighted by molar-refractivity contribution is 0.363. The third-order valence-electron chi connectivity index (χ3n) is 3.90. The van der Waals surface area contributed by atoms with Crippen LogP contribution >= 0.6 is 11.3 Å². The number of piperidine rings is 1. The van der Waals surface area contributed by atoms with Gasteiger partial charge >= 0.3 is 0 Å². The predicted octanol–water partition coefficient (Wildman–Crippen LogP) is 3.92. The lowest BCUT2D eigenvalue weighted by Crippen LogP contribution is -2.42. The van der Waals surface area contributed by atoms with E-state index in [4.69, 9.17) is 4.98 Å². The molecule has 1 saturated heterocycles. The fourth-order valence-corrected chi connectivity index (χ4v) is 3.67. The summed E-state index contributed by atoms with van der Waals surface area (Å²) in [4.78, 5) is 7.25. The maximum atomic E-state index is 4.77. The topological polar surface area (TPSA) is 16.1 Å². The summed E-state index contributed by atoms with van der Waals surface area (Å²) in [5.41, 5.74) is 1.14. The van der Waals surface area contributed by atoms with Crippen LogP contribution in [0.2, 0.25) is 0 Å². The van der Waals surface area contributed by atoms with Gasteiger partial charge in [0.1, 0.15) is 0 Å². The van der Waals surface area contributed by atoms with E-state index in [0.717, 1.165) is 18.0 Å². The zero-order chi connectivity index (χ0) is 11.8. The summed E-state index contributed by atoms with van der Waals surface area (Å²) in [5, 5.41) is 1.20. The third-order valence-corrected chi connectivity index (χ3v) is 4.98. The van der Waals surface area contributed by atoms with Crippen LogP contribution in [0.4, 0.5) is 5.13 Å². The molecule has 0 amide bonds. The van der Waals surface area contributed by atoms with E-state index in [1.807, 2.05) is 11.3 Å². The summed E-state index contributed by atoms with van der Waals surface area (Å²) < 4.78 is 1.30. The molecule has 1 fully saturated rings. The van der Waals surface area contributed by atoms with Crippen molar-refractivity contribution in [2.24, 2.45) is 5.92 Å². The minimum atomic E-state index is 0.615. The van der Waals surface area contributed by atoms with Crippen molar-refractivity contribution in [2.45, 2.75) is 32.7 Å². The molecule has 3 rings (SSSR count). The summed E-state index contributed by atoms with van der Waals surface area (Å²) in [6.07, 6.45) is 2.64. The normalized spacial score (nSPS) is 25.4. The standard InChI is InChI=1S/C14H18N2S/c1-10-6-5-9-16(11(10)2)14-15-12-7-3-4-8-13(12)17-14/h3-4,7-8,10-11H,5-6,9H2,1-2H3/t10-,11-/m1/s1. The fourth-order valence-electron chi connectivity index (χ4n) is 2.59. The molecular formula is C14H18N2S. The van der Waals surface area contributed by atoms with Gasteiger partial charge in [0, 0.05) is 12.6 Å². The molecule has 0 bridgehead atoms. The number of fused-ring (bicyclic) bond motifs is 1. The smallest absolute Gasteiger partial charge is 0.186 e. The third kappa shape index (κ3) is 1.93. The highest BCUT2D eigenvalue weighted by molar-refractivity contribution is 7.22. The monoisotopic (exact) mass is 246 g/mol. The van der Waals surface area contributed by atoms with Crippen LogP contribution < -0.4 is 4.90 Å².